The van der Waals surface area contributed by atoms with Gasteiger partial charge in [-0.25, -0.2) is 0 Å². The van der Waals surface area contributed by atoms with E-state index in [-0.39, 0.29) is 5.91 Å². The monoisotopic (exact) mass is 289 g/mol. The second-order valence-electron chi connectivity index (χ2n) is 5.52. The smallest absolute Gasteiger partial charge is 0.248 e. The molecule has 114 valence electrons. The van der Waals surface area contributed by atoms with Crippen LogP contribution in [0.1, 0.15) is 40.7 Å². The van der Waals surface area contributed by atoms with E-state index in [1.54, 1.807) is 12.1 Å². The first-order valence-electron chi connectivity index (χ1n) is 7.46. The normalized spacial score (nSPS) is 14.4. The standard InChI is InChI=1S/C16H23N3O2/c1-12-10-13(16(17)21)4-5-14(12)11-18-7-6-15(20)19-8-2-3-9-19/h4-5,10,18H,2-3,6-9,11H2,1H3,(H2,17,21). The molecule has 1 saturated heterocycles. The molecule has 0 radical (unpaired) electrons. The summed E-state index contributed by atoms with van der Waals surface area (Å²) in [5.74, 6) is -0.172. The lowest BCUT2D eigenvalue weighted by Crippen LogP contribution is -2.30. The summed E-state index contributed by atoms with van der Waals surface area (Å²) < 4.78 is 0. The highest BCUT2D eigenvalue weighted by molar-refractivity contribution is 5.93. The number of nitrogens with zero attached hydrogens (tertiary/aromatic N) is 1. The Labute approximate surface area is 125 Å². The van der Waals surface area contributed by atoms with Gasteiger partial charge in [0.05, 0.1) is 0 Å². The van der Waals surface area contributed by atoms with Crippen molar-refractivity contribution in [3.05, 3.63) is 34.9 Å². The Morgan fingerprint density at radius 2 is 2.00 bits per heavy atom. The van der Waals surface area contributed by atoms with Crippen molar-refractivity contribution in [3.63, 3.8) is 0 Å². The van der Waals surface area contributed by atoms with E-state index in [1.807, 2.05) is 17.9 Å². The Morgan fingerprint density at radius 3 is 2.62 bits per heavy atom. The molecular formula is C16H23N3O2. The van der Waals surface area contributed by atoms with Gasteiger partial charge in [0.15, 0.2) is 0 Å². The minimum atomic E-state index is -0.409. The van der Waals surface area contributed by atoms with Gasteiger partial charge in [-0.15, -0.1) is 0 Å². The molecule has 0 saturated carbocycles. The second-order valence-corrected chi connectivity index (χ2v) is 5.52. The van der Waals surface area contributed by atoms with E-state index < -0.39 is 5.91 Å². The number of aryl methyl sites for hydroxylation is 1. The Morgan fingerprint density at radius 1 is 1.29 bits per heavy atom. The fraction of sp³-hybridized carbons (Fsp3) is 0.500. The molecule has 0 aliphatic carbocycles. The first-order valence-corrected chi connectivity index (χ1v) is 7.46. The zero-order chi connectivity index (χ0) is 15.2. The first-order chi connectivity index (χ1) is 10.1. The quantitative estimate of drug-likeness (QED) is 0.773. The second kappa shape index (κ2) is 7.22. The van der Waals surface area contributed by atoms with Crippen molar-refractivity contribution in [2.75, 3.05) is 19.6 Å². The highest BCUT2D eigenvalue weighted by atomic mass is 16.2. The summed E-state index contributed by atoms with van der Waals surface area (Å²) >= 11 is 0. The van der Waals surface area contributed by atoms with E-state index >= 15 is 0 Å². The van der Waals surface area contributed by atoms with Crippen LogP contribution in [0, 0.1) is 6.92 Å². The van der Waals surface area contributed by atoms with Crippen LogP contribution < -0.4 is 11.1 Å². The Balaban J connectivity index is 1.75. The summed E-state index contributed by atoms with van der Waals surface area (Å²) in [6.07, 6.45) is 2.80. The molecule has 1 aromatic rings. The van der Waals surface area contributed by atoms with Crippen molar-refractivity contribution in [2.24, 2.45) is 5.73 Å². The maximum absolute atomic E-state index is 11.9. The third kappa shape index (κ3) is 4.29. The highest BCUT2D eigenvalue weighted by Crippen LogP contribution is 2.11. The molecule has 3 N–H and O–H groups in total. The molecule has 0 atom stereocenters. The van der Waals surface area contributed by atoms with Crippen LogP contribution >= 0.6 is 0 Å². The number of carbonyl (C=O) groups excluding carboxylic acids is 2. The third-order valence-electron chi connectivity index (χ3n) is 3.92. The van der Waals surface area contributed by atoms with Crippen molar-refractivity contribution < 1.29 is 9.59 Å². The maximum atomic E-state index is 11.9. The van der Waals surface area contributed by atoms with Gasteiger partial charge in [-0.05, 0) is 43.0 Å². The number of hydrogen-bond donors (Lipinski definition) is 2. The van der Waals surface area contributed by atoms with Gasteiger partial charge in [0, 0.05) is 38.2 Å². The van der Waals surface area contributed by atoms with E-state index in [1.165, 1.54) is 0 Å². The predicted octanol–water partition coefficient (Wildman–Crippen LogP) is 1.20. The largest absolute Gasteiger partial charge is 0.366 e. The number of nitrogens with two attached hydrogens (primary N) is 1. The molecule has 21 heavy (non-hydrogen) atoms. The van der Waals surface area contributed by atoms with Crippen LogP contribution in [0.4, 0.5) is 0 Å². The number of carbonyl (C=O) groups is 2. The summed E-state index contributed by atoms with van der Waals surface area (Å²) in [4.78, 5) is 24.9. The molecule has 0 aromatic heterocycles. The third-order valence-corrected chi connectivity index (χ3v) is 3.92. The van der Waals surface area contributed by atoms with Gasteiger partial charge >= 0.3 is 0 Å². The van der Waals surface area contributed by atoms with Crippen LogP contribution in [0.15, 0.2) is 18.2 Å². The minimum absolute atomic E-state index is 0.237. The van der Waals surface area contributed by atoms with Crippen LogP contribution in [0.5, 0.6) is 0 Å². The topological polar surface area (TPSA) is 75.4 Å². The average Bonchev–Trinajstić information content (AvgIpc) is 2.98. The summed E-state index contributed by atoms with van der Waals surface area (Å²) in [5, 5.41) is 3.28. The van der Waals surface area contributed by atoms with Crippen LogP contribution in [0.3, 0.4) is 0 Å². The van der Waals surface area contributed by atoms with Gasteiger partial charge in [0.1, 0.15) is 0 Å². The van der Waals surface area contributed by atoms with E-state index in [0.717, 1.165) is 37.1 Å². The molecule has 0 spiro atoms. The number of hydrogen-bond acceptors (Lipinski definition) is 3. The number of amides is 2. The van der Waals surface area contributed by atoms with Gasteiger partial charge in [0.2, 0.25) is 11.8 Å². The predicted molar refractivity (Wildman–Crippen MR) is 81.8 cm³/mol. The molecule has 0 bridgehead atoms. The fourth-order valence-corrected chi connectivity index (χ4v) is 2.59. The van der Waals surface area contributed by atoms with Gasteiger partial charge in [-0.3, -0.25) is 9.59 Å². The maximum Gasteiger partial charge on any atom is 0.248 e. The van der Waals surface area contributed by atoms with Gasteiger partial charge < -0.3 is 16.0 Å². The van der Waals surface area contributed by atoms with E-state index in [2.05, 4.69) is 5.32 Å². The first kappa shape index (κ1) is 15.5. The molecule has 1 fully saturated rings. The van der Waals surface area contributed by atoms with Crippen molar-refractivity contribution in [1.82, 2.24) is 10.2 Å². The number of primary amides is 1. The van der Waals surface area contributed by atoms with Crippen LogP contribution in [-0.2, 0) is 11.3 Å². The summed E-state index contributed by atoms with van der Waals surface area (Å²) in [7, 11) is 0. The fourth-order valence-electron chi connectivity index (χ4n) is 2.59. The summed E-state index contributed by atoms with van der Waals surface area (Å²) in [6, 6.07) is 5.45. The van der Waals surface area contributed by atoms with Crippen molar-refractivity contribution in [2.45, 2.75) is 32.7 Å². The molecular weight excluding hydrogens is 266 g/mol. The van der Waals surface area contributed by atoms with Gasteiger partial charge in [-0.2, -0.15) is 0 Å². The Bertz CT molecular complexity index is 522. The molecule has 1 heterocycles. The average molecular weight is 289 g/mol. The zero-order valence-corrected chi connectivity index (χ0v) is 12.5. The van der Waals surface area contributed by atoms with Crippen molar-refractivity contribution >= 4 is 11.8 Å². The van der Waals surface area contributed by atoms with E-state index in [0.29, 0.717) is 25.1 Å². The molecule has 1 aromatic carbocycles. The number of rotatable bonds is 6. The number of likely N-dealkylation sites (tertiary alicyclic amines) is 1. The van der Waals surface area contributed by atoms with E-state index in [9.17, 15) is 9.59 Å². The van der Waals surface area contributed by atoms with Gasteiger partial charge in [-0.1, -0.05) is 6.07 Å². The molecule has 2 amide bonds. The zero-order valence-electron chi connectivity index (χ0n) is 12.5. The van der Waals surface area contributed by atoms with Crippen LogP contribution in [0.2, 0.25) is 0 Å². The SMILES string of the molecule is Cc1cc(C(N)=O)ccc1CNCCC(=O)N1CCCC1. The lowest BCUT2D eigenvalue weighted by Gasteiger charge is -2.15. The van der Waals surface area contributed by atoms with Crippen LogP contribution in [-0.4, -0.2) is 36.3 Å². The minimum Gasteiger partial charge on any atom is -0.366 e. The molecule has 0 unspecified atom stereocenters. The number of benzene rings is 1. The lowest BCUT2D eigenvalue weighted by atomic mass is 10.0. The van der Waals surface area contributed by atoms with Gasteiger partial charge in [0.25, 0.3) is 0 Å². The van der Waals surface area contributed by atoms with Crippen LogP contribution in [0.25, 0.3) is 0 Å². The summed E-state index contributed by atoms with van der Waals surface area (Å²) in [6.45, 7) is 5.14. The number of nitrogens with one attached hydrogen (secondary N) is 1. The highest BCUT2D eigenvalue weighted by Gasteiger charge is 2.16. The molecule has 2 rings (SSSR count). The van der Waals surface area contributed by atoms with E-state index in [4.69, 9.17) is 5.73 Å². The molecule has 1 aliphatic heterocycles. The summed E-state index contributed by atoms with van der Waals surface area (Å²) in [5.41, 5.74) is 7.93. The lowest BCUT2D eigenvalue weighted by molar-refractivity contribution is -0.130. The Hall–Kier alpha value is -1.88. The molecule has 1 aliphatic rings. The van der Waals surface area contributed by atoms with Crippen molar-refractivity contribution in [1.29, 1.82) is 0 Å². The Kier molecular flexibility index (Phi) is 5.33. The molecule has 5 nitrogen and oxygen atoms in total. The van der Waals surface area contributed by atoms with Crippen molar-refractivity contribution in [3.8, 4) is 0 Å². The molecule has 5 heteroatoms.